The molecule has 1 aromatic rings. The Morgan fingerprint density at radius 3 is 2.45 bits per heavy atom. The maximum absolute atomic E-state index is 12.8. The van der Waals surface area contributed by atoms with Crippen LogP contribution in [0, 0.1) is 5.41 Å². The van der Waals surface area contributed by atoms with Crippen LogP contribution in [0.1, 0.15) is 41.6 Å². The van der Waals surface area contributed by atoms with Gasteiger partial charge in [0.25, 0.3) is 0 Å². The van der Waals surface area contributed by atoms with Crippen molar-refractivity contribution in [3.05, 3.63) is 54.6 Å². The highest BCUT2D eigenvalue weighted by Crippen LogP contribution is 2.45. The van der Waals surface area contributed by atoms with Crippen molar-refractivity contribution in [1.82, 2.24) is 0 Å². The van der Waals surface area contributed by atoms with Gasteiger partial charge in [-0.1, -0.05) is 12.2 Å². The largest absolute Gasteiger partial charge is 0.497 e. The van der Waals surface area contributed by atoms with Gasteiger partial charge in [0.2, 0.25) is 0 Å². The summed E-state index contributed by atoms with van der Waals surface area (Å²) < 4.78 is 5.26. The molecule has 2 nitrogen and oxygen atoms in total. The van der Waals surface area contributed by atoms with Crippen molar-refractivity contribution in [2.24, 2.45) is 5.41 Å². The zero-order valence-corrected chi connectivity index (χ0v) is 12.2. The van der Waals surface area contributed by atoms with Crippen LogP contribution in [0.25, 0.3) is 0 Å². The molecule has 20 heavy (non-hydrogen) atoms. The second kappa shape index (κ2) is 6.08. The molecule has 1 aliphatic rings. The molecule has 0 unspecified atom stereocenters. The van der Waals surface area contributed by atoms with Crippen molar-refractivity contribution in [2.45, 2.75) is 32.1 Å². The summed E-state index contributed by atoms with van der Waals surface area (Å²) in [6.07, 6.45) is 8.06. The molecule has 0 N–H and O–H groups in total. The van der Waals surface area contributed by atoms with Crippen LogP contribution in [0.15, 0.2) is 43.5 Å². The summed E-state index contributed by atoms with van der Waals surface area (Å²) in [7, 11) is 1.65. The fraction of sp³-hybridized carbons (Fsp3) is 0.389. The minimum Gasteiger partial charge on any atom is -0.497 e. The van der Waals surface area contributed by atoms with E-state index < -0.39 is 0 Å². The molecular formula is C18H22O2. The van der Waals surface area contributed by atoms with Gasteiger partial charge in [-0.15, -0.1) is 13.2 Å². The van der Waals surface area contributed by atoms with E-state index in [1.54, 1.807) is 7.11 Å². The van der Waals surface area contributed by atoms with Crippen LogP contribution in [0.2, 0.25) is 0 Å². The Hall–Kier alpha value is -1.83. The normalized spacial score (nSPS) is 15.8. The van der Waals surface area contributed by atoms with Gasteiger partial charge >= 0.3 is 0 Å². The lowest BCUT2D eigenvalue weighted by Gasteiger charge is -2.26. The van der Waals surface area contributed by atoms with E-state index >= 15 is 0 Å². The number of carbonyl (C=O) groups excluding carboxylic acids is 1. The zero-order valence-electron chi connectivity index (χ0n) is 12.2. The summed E-state index contributed by atoms with van der Waals surface area (Å²) in [4.78, 5) is 12.8. The minimum atomic E-state index is -0.281. The second-order valence-corrected chi connectivity index (χ2v) is 5.46. The third kappa shape index (κ3) is 2.55. The number of carbonyl (C=O) groups is 1. The summed E-state index contributed by atoms with van der Waals surface area (Å²) in [5.41, 5.74) is 1.69. The standard InChI is InChI=1S/C18H22O2/c1-4-6-10-18(11-7-5-2)13-14-12-15(20-3)8-9-16(14)17(18)19/h4-5,8-9,12H,1-2,6-7,10-11,13H2,3H3. The van der Waals surface area contributed by atoms with E-state index in [1.165, 1.54) is 0 Å². The number of benzene rings is 1. The van der Waals surface area contributed by atoms with E-state index in [0.717, 1.165) is 49.0 Å². The molecule has 106 valence electrons. The molecule has 0 saturated heterocycles. The van der Waals surface area contributed by atoms with E-state index in [2.05, 4.69) is 13.2 Å². The van der Waals surface area contributed by atoms with Crippen molar-refractivity contribution < 1.29 is 9.53 Å². The van der Waals surface area contributed by atoms with Gasteiger partial charge in [-0.25, -0.2) is 0 Å². The first kappa shape index (κ1) is 14.6. The number of Topliss-reactive ketones (excluding diaryl/α,β-unsaturated/α-hetero) is 1. The van der Waals surface area contributed by atoms with E-state index in [1.807, 2.05) is 30.4 Å². The van der Waals surface area contributed by atoms with E-state index in [4.69, 9.17) is 4.74 Å². The second-order valence-electron chi connectivity index (χ2n) is 5.46. The molecule has 0 saturated carbocycles. The van der Waals surface area contributed by atoms with Crippen LogP contribution in [-0.4, -0.2) is 12.9 Å². The van der Waals surface area contributed by atoms with Crippen molar-refractivity contribution in [1.29, 1.82) is 0 Å². The Kier molecular flexibility index (Phi) is 4.43. The van der Waals surface area contributed by atoms with Crippen LogP contribution in [0.4, 0.5) is 0 Å². The molecule has 0 fully saturated rings. The van der Waals surface area contributed by atoms with Crippen LogP contribution in [0.5, 0.6) is 5.75 Å². The summed E-state index contributed by atoms with van der Waals surface area (Å²) in [5, 5.41) is 0. The molecule has 0 aromatic heterocycles. The lowest BCUT2D eigenvalue weighted by Crippen LogP contribution is -2.27. The Morgan fingerprint density at radius 2 is 1.90 bits per heavy atom. The first-order valence-electron chi connectivity index (χ1n) is 7.10. The Morgan fingerprint density at radius 1 is 1.25 bits per heavy atom. The Labute approximate surface area is 121 Å². The Balaban J connectivity index is 2.33. The number of hydrogen-bond acceptors (Lipinski definition) is 2. The predicted octanol–water partition coefficient (Wildman–Crippen LogP) is 4.35. The summed E-state index contributed by atoms with van der Waals surface area (Å²) in [6.45, 7) is 7.57. The van der Waals surface area contributed by atoms with Crippen molar-refractivity contribution in [3.8, 4) is 5.75 Å². The SMILES string of the molecule is C=CCCC1(CCC=C)Cc2cc(OC)ccc2C1=O. The topological polar surface area (TPSA) is 26.3 Å². The zero-order chi connectivity index (χ0) is 14.6. The fourth-order valence-electron chi connectivity index (χ4n) is 3.08. The highest BCUT2D eigenvalue weighted by atomic mass is 16.5. The number of methoxy groups -OCH3 is 1. The lowest BCUT2D eigenvalue weighted by molar-refractivity contribution is 0.0791. The summed E-state index contributed by atoms with van der Waals surface area (Å²) >= 11 is 0. The Bertz CT molecular complexity index is 516. The van der Waals surface area contributed by atoms with Gasteiger partial charge in [0.1, 0.15) is 5.75 Å². The van der Waals surface area contributed by atoms with Crippen molar-refractivity contribution in [2.75, 3.05) is 7.11 Å². The van der Waals surface area contributed by atoms with Gasteiger partial charge < -0.3 is 4.74 Å². The molecule has 0 amide bonds. The van der Waals surface area contributed by atoms with Crippen molar-refractivity contribution >= 4 is 5.78 Å². The van der Waals surface area contributed by atoms with Gasteiger partial charge in [0.05, 0.1) is 7.11 Å². The number of allylic oxidation sites excluding steroid dienone is 2. The van der Waals surface area contributed by atoms with E-state index in [9.17, 15) is 4.79 Å². The van der Waals surface area contributed by atoms with Crippen molar-refractivity contribution in [3.63, 3.8) is 0 Å². The number of ketones is 1. The number of hydrogen-bond donors (Lipinski definition) is 0. The highest BCUT2D eigenvalue weighted by Gasteiger charge is 2.44. The first-order chi connectivity index (χ1) is 9.66. The van der Waals surface area contributed by atoms with Gasteiger partial charge in [0, 0.05) is 11.0 Å². The molecule has 1 aliphatic carbocycles. The van der Waals surface area contributed by atoms with E-state index in [0.29, 0.717) is 0 Å². The smallest absolute Gasteiger partial charge is 0.169 e. The third-order valence-electron chi connectivity index (χ3n) is 4.22. The maximum atomic E-state index is 12.8. The van der Waals surface area contributed by atoms with Crippen LogP contribution in [-0.2, 0) is 6.42 Å². The van der Waals surface area contributed by atoms with Crippen LogP contribution < -0.4 is 4.74 Å². The molecule has 2 rings (SSSR count). The third-order valence-corrected chi connectivity index (χ3v) is 4.22. The number of rotatable bonds is 7. The molecule has 0 radical (unpaired) electrons. The average Bonchev–Trinajstić information content (AvgIpc) is 2.75. The maximum Gasteiger partial charge on any atom is 0.169 e. The number of fused-ring (bicyclic) bond motifs is 1. The minimum absolute atomic E-state index is 0.277. The molecule has 0 bridgehead atoms. The average molecular weight is 270 g/mol. The van der Waals surface area contributed by atoms with Crippen LogP contribution >= 0.6 is 0 Å². The molecule has 0 spiro atoms. The van der Waals surface area contributed by atoms with Crippen LogP contribution in [0.3, 0.4) is 0 Å². The fourth-order valence-corrected chi connectivity index (χ4v) is 3.08. The molecule has 0 aliphatic heterocycles. The summed E-state index contributed by atoms with van der Waals surface area (Å²) in [5.74, 6) is 1.10. The predicted molar refractivity (Wildman–Crippen MR) is 82.3 cm³/mol. The molecule has 2 heteroatoms. The lowest BCUT2D eigenvalue weighted by atomic mass is 9.75. The van der Waals surface area contributed by atoms with Gasteiger partial charge in [0.15, 0.2) is 5.78 Å². The molecular weight excluding hydrogens is 248 g/mol. The molecule has 0 atom stereocenters. The van der Waals surface area contributed by atoms with Gasteiger partial charge in [-0.2, -0.15) is 0 Å². The highest BCUT2D eigenvalue weighted by molar-refractivity contribution is 6.05. The quantitative estimate of drug-likeness (QED) is 0.688. The molecule has 1 aromatic carbocycles. The summed E-state index contributed by atoms with van der Waals surface area (Å²) in [6, 6.07) is 5.77. The van der Waals surface area contributed by atoms with Gasteiger partial charge in [-0.05, 0) is 55.9 Å². The first-order valence-corrected chi connectivity index (χ1v) is 7.10. The monoisotopic (exact) mass is 270 g/mol. The molecule has 0 heterocycles. The number of ether oxygens (including phenoxy) is 1. The van der Waals surface area contributed by atoms with E-state index in [-0.39, 0.29) is 11.2 Å². The van der Waals surface area contributed by atoms with Gasteiger partial charge in [-0.3, -0.25) is 4.79 Å².